The van der Waals surface area contributed by atoms with Crippen molar-refractivity contribution >= 4 is 33.3 Å². The van der Waals surface area contributed by atoms with Crippen LogP contribution in [0.5, 0.6) is 0 Å². The molecule has 0 radical (unpaired) electrons. The first-order valence-electron chi connectivity index (χ1n) is 5.96. The Balaban J connectivity index is 2.11. The van der Waals surface area contributed by atoms with Crippen LogP contribution in [-0.4, -0.2) is 17.4 Å². The number of amides is 1. The van der Waals surface area contributed by atoms with Crippen molar-refractivity contribution < 1.29 is 4.79 Å². The monoisotopic (exact) mass is 319 g/mol. The number of nitrogens with one attached hydrogen (secondary N) is 2. The quantitative estimate of drug-likeness (QED) is 0.906. The van der Waals surface area contributed by atoms with Gasteiger partial charge in [-0.2, -0.15) is 0 Å². The van der Waals surface area contributed by atoms with Gasteiger partial charge in [0.1, 0.15) is 5.82 Å². The Morgan fingerprint density at radius 1 is 1.26 bits per heavy atom. The van der Waals surface area contributed by atoms with Crippen LogP contribution in [0.2, 0.25) is 0 Å². The summed E-state index contributed by atoms with van der Waals surface area (Å²) < 4.78 is 0.976. The van der Waals surface area contributed by atoms with E-state index in [2.05, 4.69) is 31.5 Å². The summed E-state index contributed by atoms with van der Waals surface area (Å²) in [6, 6.07) is 10.9. The number of aromatic nitrogens is 1. The molecule has 1 aromatic carbocycles. The van der Waals surface area contributed by atoms with Gasteiger partial charge in [0.25, 0.3) is 5.91 Å². The summed E-state index contributed by atoms with van der Waals surface area (Å²) in [5.74, 6) is 0.551. The third-order valence-corrected chi connectivity index (χ3v) is 3.01. The number of rotatable bonds is 4. The number of hydrogen-bond donors (Lipinski definition) is 2. The van der Waals surface area contributed by atoms with Gasteiger partial charge in [0, 0.05) is 28.5 Å². The fourth-order valence-corrected chi connectivity index (χ4v) is 1.85. The minimum Gasteiger partial charge on any atom is -0.370 e. The van der Waals surface area contributed by atoms with Crippen molar-refractivity contribution in [3.63, 3.8) is 0 Å². The highest BCUT2D eigenvalue weighted by Crippen LogP contribution is 2.15. The summed E-state index contributed by atoms with van der Waals surface area (Å²) in [5, 5.41) is 5.92. The molecule has 19 heavy (non-hydrogen) atoms. The first-order chi connectivity index (χ1) is 9.19. The van der Waals surface area contributed by atoms with Gasteiger partial charge < -0.3 is 10.6 Å². The maximum absolute atomic E-state index is 12.1. The van der Waals surface area contributed by atoms with Crippen LogP contribution in [0.3, 0.4) is 0 Å². The molecule has 0 aliphatic heterocycles. The van der Waals surface area contributed by atoms with Gasteiger partial charge in [0.05, 0.1) is 0 Å². The number of halogens is 1. The van der Waals surface area contributed by atoms with Crippen molar-refractivity contribution in [1.82, 2.24) is 4.98 Å². The van der Waals surface area contributed by atoms with Crippen molar-refractivity contribution in [3.8, 4) is 0 Å². The molecular formula is C14H14BrN3O. The van der Waals surface area contributed by atoms with E-state index in [0.717, 1.165) is 16.7 Å². The number of anilines is 2. The molecule has 5 heteroatoms. The third-order valence-electron chi connectivity index (χ3n) is 2.48. The zero-order valence-corrected chi connectivity index (χ0v) is 12.1. The largest absolute Gasteiger partial charge is 0.370 e. The minimum absolute atomic E-state index is 0.149. The SMILES string of the molecule is CCNc1cc(C(=O)Nc2ccc(Br)cc2)ccn1. The molecule has 2 N–H and O–H groups in total. The van der Waals surface area contributed by atoms with Crippen molar-refractivity contribution in [3.05, 3.63) is 52.6 Å². The zero-order valence-electron chi connectivity index (χ0n) is 10.5. The molecular weight excluding hydrogens is 306 g/mol. The van der Waals surface area contributed by atoms with Gasteiger partial charge in [-0.15, -0.1) is 0 Å². The topological polar surface area (TPSA) is 54.0 Å². The maximum Gasteiger partial charge on any atom is 0.255 e. The van der Waals surface area contributed by atoms with Crippen molar-refractivity contribution in [2.24, 2.45) is 0 Å². The predicted molar refractivity (Wildman–Crippen MR) is 80.5 cm³/mol. The summed E-state index contributed by atoms with van der Waals surface area (Å²) in [4.78, 5) is 16.2. The van der Waals surface area contributed by atoms with Crippen molar-refractivity contribution in [2.75, 3.05) is 17.2 Å². The number of benzene rings is 1. The zero-order chi connectivity index (χ0) is 13.7. The fraction of sp³-hybridized carbons (Fsp3) is 0.143. The number of hydrogen-bond acceptors (Lipinski definition) is 3. The Hall–Kier alpha value is -1.88. The van der Waals surface area contributed by atoms with Crippen LogP contribution >= 0.6 is 15.9 Å². The molecule has 0 spiro atoms. The molecule has 0 saturated heterocycles. The summed E-state index contributed by atoms with van der Waals surface area (Å²) in [6.45, 7) is 2.75. The van der Waals surface area contributed by atoms with E-state index in [9.17, 15) is 4.79 Å². The lowest BCUT2D eigenvalue weighted by atomic mass is 10.2. The molecule has 2 aromatic rings. The van der Waals surface area contributed by atoms with Gasteiger partial charge in [-0.25, -0.2) is 4.98 Å². The molecule has 1 heterocycles. The summed E-state index contributed by atoms with van der Waals surface area (Å²) in [6.07, 6.45) is 1.62. The standard InChI is InChI=1S/C14H14BrN3O/c1-2-16-13-9-10(7-8-17-13)14(19)18-12-5-3-11(15)4-6-12/h3-9H,2H2,1H3,(H,16,17)(H,18,19). The molecule has 0 fully saturated rings. The lowest BCUT2D eigenvalue weighted by Gasteiger charge is -2.07. The average molecular weight is 320 g/mol. The Morgan fingerprint density at radius 2 is 2.00 bits per heavy atom. The van der Waals surface area contributed by atoms with Crippen molar-refractivity contribution in [2.45, 2.75) is 6.92 Å². The summed E-state index contributed by atoms with van der Waals surface area (Å²) >= 11 is 3.35. The third kappa shape index (κ3) is 3.79. The Labute approximate surface area is 120 Å². The van der Waals surface area contributed by atoms with Gasteiger partial charge in [-0.1, -0.05) is 15.9 Å². The molecule has 0 atom stereocenters. The van der Waals surface area contributed by atoms with Crippen LogP contribution in [0.1, 0.15) is 17.3 Å². The van der Waals surface area contributed by atoms with Gasteiger partial charge in [-0.05, 0) is 43.3 Å². The number of carbonyl (C=O) groups excluding carboxylic acids is 1. The van der Waals surface area contributed by atoms with Crippen LogP contribution in [0.25, 0.3) is 0 Å². The lowest BCUT2D eigenvalue weighted by Crippen LogP contribution is -2.12. The summed E-state index contributed by atoms with van der Waals surface area (Å²) in [5.41, 5.74) is 1.34. The molecule has 0 saturated carbocycles. The molecule has 1 amide bonds. The molecule has 0 unspecified atom stereocenters. The number of pyridine rings is 1. The predicted octanol–water partition coefficient (Wildman–Crippen LogP) is 3.53. The van der Waals surface area contributed by atoms with E-state index in [1.165, 1.54) is 0 Å². The van der Waals surface area contributed by atoms with Crippen LogP contribution in [0, 0.1) is 0 Å². The van der Waals surface area contributed by atoms with E-state index in [0.29, 0.717) is 11.4 Å². The van der Waals surface area contributed by atoms with Gasteiger partial charge in [0.2, 0.25) is 0 Å². The molecule has 1 aromatic heterocycles. The molecule has 98 valence electrons. The second-order valence-corrected chi connectivity index (χ2v) is 4.84. The first kappa shape index (κ1) is 13.5. The second kappa shape index (κ2) is 6.33. The maximum atomic E-state index is 12.1. The lowest BCUT2D eigenvalue weighted by molar-refractivity contribution is 0.102. The highest BCUT2D eigenvalue weighted by atomic mass is 79.9. The Kier molecular flexibility index (Phi) is 4.52. The van der Waals surface area contributed by atoms with E-state index in [1.807, 2.05) is 31.2 Å². The number of nitrogens with zero attached hydrogens (tertiary/aromatic N) is 1. The minimum atomic E-state index is -0.149. The van der Waals surface area contributed by atoms with E-state index in [1.54, 1.807) is 18.3 Å². The molecule has 0 bridgehead atoms. The van der Waals surface area contributed by atoms with Gasteiger partial charge in [-0.3, -0.25) is 4.79 Å². The molecule has 4 nitrogen and oxygen atoms in total. The smallest absolute Gasteiger partial charge is 0.255 e. The molecule has 0 aliphatic carbocycles. The molecule has 2 rings (SSSR count). The van der Waals surface area contributed by atoms with Crippen LogP contribution < -0.4 is 10.6 Å². The average Bonchev–Trinajstić information content (AvgIpc) is 2.42. The van der Waals surface area contributed by atoms with Crippen LogP contribution in [-0.2, 0) is 0 Å². The van der Waals surface area contributed by atoms with Crippen LogP contribution in [0.4, 0.5) is 11.5 Å². The van der Waals surface area contributed by atoms with Crippen LogP contribution in [0.15, 0.2) is 47.1 Å². The van der Waals surface area contributed by atoms with Gasteiger partial charge >= 0.3 is 0 Å². The second-order valence-electron chi connectivity index (χ2n) is 3.92. The highest BCUT2D eigenvalue weighted by Gasteiger charge is 2.07. The van der Waals surface area contributed by atoms with Gasteiger partial charge in [0.15, 0.2) is 0 Å². The highest BCUT2D eigenvalue weighted by molar-refractivity contribution is 9.10. The fourth-order valence-electron chi connectivity index (χ4n) is 1.59. The summed E-state index contributed by atoms with van der Waals surface area (Å²) in [7, 11) is 0. The van der Waals surface area contributed by atoms with E-state index in [-0.39, 0.29) is 5.91 Å². The Bertz CT molecular complexity index is 569. The number of carbonyl (C=O) groups is 1. The first-order valence-corrected chi connectivity index (χ1v) is 6.75. The van der Waals surface area contributed by atoms with Crippen molar-refractivity contribution in [1.29, 1.82) is 0 Å². The molecule has 0 aliphatic rings. The Morgan fingerprint density at radius 3 is 2.68 bits per heavy atom. The normalized spacial score (nSPS) is 10.0. The van der Waals surface area contributed by atoms with E-state index >= 15 is 0 Å². The van der Waals surface area contributed by atoms with E-state index in [4.69, 9.17) is 0 Å². The van der Waals surface area contributed by atoms with E-state index < -0.39 is 0 Å².